The number of imide groups is 1. The van der Waals surface area contributed by atoms with E-state index in [1.807, 2.05) is 6.07 Å². The molecule has 1 aliphatic heterocycles. The van der Waals surface area contributed by atoms with Gasteiger partial charge < -0.3 is 19.5 Å². The first-order chi connectivity index (χ1) is 25.7. The standard InChI is InChI=1S/C41H50ClN3O8/c1-4-6-7-8-9-10-11-12-13-17-26-53-40(49)31-22-25-33(42)34(27-31)43-37(47)35(36(46)30-20-23-32(51-3)24-21-30)45-38(48)39(52-5-2)44(41(45)50)28-29-18-15-14-16-19-29/h14-16,18-25,27,35,39H,4-13,17,26,28H2,1-3H3,(H,43,47). The SMILES string of the molecule is CCCCCCCCCCCCOC(=O)c1ccc(Cl)c(NC(=O)C(C(=O)c2ccc(OC)cc2)N2C(=O)C(OCC)N(Cc3ccccc3)C2=O)c1. The molecule has 3 aromatic carbocycles. The van der Waals surface area contributed by atoms with Crippen molar-refractivity contribution in [3.8, 4) is 5.75 Å². The van der Waals surface area contributed by atoms with E-state index in [0.29, 0.717) is 16.2 Å². The lowest BCUT2D eigenvalue weighted by atomic mass is 10.0. The number of methoxy groups -OCH3 is 1. The molecule has 1 N–H and O–H groups in total. The van der Waals surface area contributed by atoms with Crippen molar-refractivity contribution in [2.45, 2.75) is 96.9 Å². The predicted molar refractivity (Wildman–Crippen MR) is 203 cm³/mol. The second-order valence-electron chi connectivity index (χ2n) is 12.9. The molecule has 0 spiro atoms. The minimum Gasteiger partial charge on any atom is -0.497 e. The molecule has 4 rings (SSSR count). The molecule has 4 amide bonds. The summed E-state index contributed by atoms with van der Waals surface area (Å²) >= 11 is 6.46. The fraction of sp³-hybridized carbons (Fsp3) is 0.439. The number of ketones is 1. The highest BCUT2D eigenvalue weighted by Crippen LogP contribution is 2.29. The number of Topliss-reactive ketones (excluding diaryl/α,β-unsaturated/α-hetero) is 1. The van der Waals surface area contributed by atoms with Crippen molar-refractivity contribution in [1.29, 1.82) is 0 Å². The maximum atomic E-state index is 14.1. The van der Waals surface area contributed by atoms with Gasteiger partial charge in [0.25, 0.3) is 11.8 Å². The Morgan fingerprint density at radius 3 is 2.06 bits per heavy atom. The van der Waals surface area contributed by atoms with E-state index in [-0.39, 0.29) is 41.6 Å². The van der Waals surface area contributed by atoms with Crippen LogP contribution in [0.3, 0.4) is 0 Å². The Hall–Kier alpha value is -4.74. The van der Waals surface area contributed by atoms with Crippen LogP contribution < -0.4 is 10.1 Å². The first kappa shape index (κ1) is 41.0. The maximum absolute atomic E-state index is 14.1. The van der Waals surface area contributed by atoms with Crippen LogP contribution in [-0.4, -0.2) is 72.0 Å². The van der Waals surface area contributed by atoms with Gasteiger partial charge in [-0.15, -0.1) is 0 Å². The van der Waals surface area contributed by atoms with Crippen LogP contribution in [0.1, 0.15) is 104 Å². The van der Waals surface area contributed by atoms with E-state index in [4.69, 9.17) is 25.8 Å². The van der Waals surface area contributed by atoms with Crippen molar-refractivity contribution in [2.75, 3.05) is 25.6 Å². The molecule has 0 radical (unpaired) electrons. The number of nitrogens with one attached hydrogen (secondary N) is 1. The van der Waals surface area contributed by atoms with Gasteiger partial charge in [-0.25, -0.2) is 14.5 Å². The Morgan fingerprint density at radius 2 is 1.43 bits per heavy atom. The van der Waals surface area contributed by atoms with Crippen molar-refractivity contribution < 1.29 is 38.2 Å². The van der Waals surface area contributed by atoms with E-state index in [2.05, 4.69) is 12.2 Å². The molecule has 284 valence electrons. The van der Waals surface area contributed by atoms with Gasteiger partial charge in [-0.05, 0) is 61.4 Å². The number of urea groups is 1. The zero-order valence-corrected chi connectivity index (χ0v) is 31.6. The quantitative estimate of drug-likeness (QED) is 0.0356. The van der Waals surface area contributed by atoms with Crippen molar-refractivity contribution in [3.05, 3.63) is 94.5 Å². The van der Waals surface area contributed by atoms with Gasteiger partial charge in [-0.2, -0.15) is 0 Å². The first-order valence-electron chi connectivity index (χ1n) is 18.4. The molecule has 3 aromatic rings. The average molecular weight is 748 g/mol. The highest BCUT2D eigenvalue weighted by atomic mass is 35.5. The van der Waals surface area contributed by atoms with Gasteiger partial charge in [-0.1, -0.05) is 107 Å². The molecule has 53 heavy (non-hydrogen) atoms. The molecule has 12 heteroatoms. The van der Waals surface area contributed by atoms with Gasteiger partial charge in [0, 0.05) is 12.2 Å². The Balaban J connectivity index is 1.49. The summed E-state index contributed by atoms with van der Waals surface area (Å²) in [7, 11) is 1.47. The van der Waals surface area contributed by atoms with Crippen LogP contribution in [0.2, 0.25) is 5.02 Å². The number of carbonyl (C=O) groups excluding carboxylic acids is 5. The van der Waals surface area contributed by atoms with Gasteiger partial charge in [0.1, 0.15) is 5.75 Å². The van der Waals surface area contributed by atoms with Gasteiger partial charge in [0.05, 0.1) is 36.5 Å². The van der Waals surface area contributed by atoms with Crippen molar-refractivity contribution in [3.63, 3.8) is 0 Å². The monoisotopic (exact) mass is 747 g/mol. The van der Waals surface area contributed by atoms with Crippen LogP contribution in [0.15, 0.2) is 72.8 Å². The molecule has 0 aliphatic carbocycles. The highest BCUT2D eigenvalue weighted by Gasteiger charge is 2.53. The molecule has 1 aliphatic rings. The number of esters is 1. The second-order valence-corrected chi connectivity index (χ2v) is 13.3. The van der Waals surface area contributed by atoms with Gasteiger partial charge >= 0.3 is 12.0 Å². The molecule has 0 bridgehead atoms. The lowest BCUT2D eigenvalue weighted by Crippen LogP contribution is -2.52. The number of carbonyl (C=O) groups is 5. The van der Waals surface area contributed by atoms with Crippen LogP contribution in [0, 0.1) is 0 Å². The number of hydrogen-bond donors (Lipinski definition) is 1. The summed E-state index contributed by atoms with van der Waals surface area (Å²) in [5.74, 6) is -2.84. The van der Waals surface area contributed by atoms with Crippen LogP contribution in [0.25, 0.3) is 0 Å². The lowest BCUT2D eigenvalue weighted by molar-refractivity contribution is -0.144. The van der Waals surface area contributed by atoms with Crippen LogP contribution in [-0.2, 0) is 25.6 Å². The highest BCUT2D eigenvalue weighted by molar-refractivity contribution is 6.34. The largest absolute Gasteiger partial charge is 0.497 e. The number of ether oxygens (including phenoxy) is 3. The normalized spacial score (nSPS) is 14.7. The third-order valence-corrected chi connectivity index (χ3v) is 9.35. The summed E-state index contributed by atoms with van der Waals surface area (Å²) in [4.78, 5) is 70.9. The minimum absolute atomic E-state index is 0.000760. The lowest BCUT2D eigenvalue weighted by Gasteiger charge is -2.25. The molecule has 0 aromatic heterocycles. The maximum Gasteiger partial charge on any atom is 0.338 e. The van der Waals surface area contributed by atoms with E-state index in [1.165, 1.54) is 93.0 Å². The van der Waals surface area contributed by atoms with Gasteiger partial charge in [0.2, 0.25) is 6.23 Å². The van der Waals surface area contributed by atoms with E-state index in [1.54, 1.807) is 31.2 Å². The number of hydrogen-bond acceptors (Lipinski definition) is 8. The van der Waals surface area contributed by atoms with Crippen LogP contribution in [0.4, 0.5) is 10.5 Å². The van der Waals surface area contributed by atoms with E-state index in [0.717, 1.165) is 25.7 Å². The number of nitrogens with zero attached hydrogens (tertiary/aromatic N) is 2. The third kappa shape index (κ3) is 11.4. The Morgan fingerprint density at radius 1 is 0.811 bits per heavy atom. The summed E-state index contributed by atoms with van der Waals surface area (Å²) in [6, 6.07) is 16.3. The van der Waals surface area contributed by atoms with E-state index >= 15 is 0 Å². The average Bonchev–Trinajstić information content (AvgIpc) is 3.38. The number of halogens is 1. The van der Waals surface area contributed by atoms with Gasteiger partial charge in [-0.3, -0.25) is 19.3 Å². The molecular weight excluding hydrogens is 698 g/mol. The Bertz CT molecular complexity index is 1680. The number of anilines is 1. The summed E-state index contributed by atoms with van der Waals surface area (Å²) < 4.78 is 16.4. The Kier molecular flexibility index (Phi) is 16.3. The predicted octanol–water partition coefficient (Wildman–Crippen LogP) is 8.44. The zero-order valence-electron chi connectivity index (χ0n) is 30.8. The van der Waals surface area contributed by atoms with Crippen molar-refractivity contribution >= 4 is 46.9 Å². The molecular formula is C41H50ClN3O8. The topological polar surface area (TPSA) is 132 Å². The first-order valence-corrected chi connectivity index (χ1v) is 18.8. The molecule has 0 saturated carbocycles. The van der Waals surface area contributed by atoms with E-state index < -0.39 is 41.9 Å². The zero-order chi connectivity index (χ0) is 38.2. The van der Waals surface area contributed by atoms with Crippen LogP contribution >= 0.6 is 11.6 Å². The Labute approximate surface area is 316 Å². The minimum atomic E-state index is -1.95. The summed E-state index contributed by atoms with van der Waals surface area (Å²) in [5.41, 5.74) is 0.899. The third-order valence-electron chi connectivity index (χ3n) is 9.02. The number of amides is 4. The molecule has 2 unspecified atom stereocenters. The number of benzene rings is 3. The second kappa shape index (κ2) is 21.1. The molecule has 11 nitrogen and oxygen atoms in total. The number of unbranched alkanes of at least 4 members (excludes halogenated alkanes) is 9. The van der Waals surface area contributed by atoms with Crippen molar-refractivity contribution in [2.24, 2.45) is 0 Å². The van der Waals surface area contributed by atoms with Crippen molar-refractivity contribution in [1.82, 2.24) is 9.80 Å². The van der Waals surface area contributed by atoms with E-state index in [9.17, 15) is 24.0 Å². The molecule has 1 heterocycles. The van der Waals surface area contributed by atoms with Crippen LogP contribution in [0.5, 0.6) is 5.75 Å². The number of rotatable bonds is 22. The molecule has 2 atom stereocenters. The summed E-state index contributed by atoms with van der Waals surface area (Å²) in [6.07, 6.45) is 10.1. The van der Waals surface area contributed by atoms with Gasteiger partial charge in [0.15, 0.2) is 11.8 Å². The molecule has 1 fully saturated rings. The summed E-state index contributed by atoms with van der Waals surface area (Å²) in [5, 5.41) is 2.66. The molecule has 1 saturated heterocycles. The fourth-order valence-electron chi connectivity index (χ4n) is 6.13. The fourth-order valence-corrected chi connectivity index (χ4v) is 6.29. The summed E-state index contributed by atoms with van der Waals surface area (Å²) in [6.45, 7) is 4.21. The smallest absolute Gasteiger partial charge is 0.338 e.